The number of hydrogen-bond acceptors (Lipinski definition) is 1. The maximum atomic E-state index is 10.6. The molecule has 0 saturated heterocycles. The van der Waals surface area contributed by atoms with E-state index >= 15 is 0 Å². The first-order valence-corrected chi connectivity index (χ1v) is 4.69. The monoisotopic (exact) mass is 188 g/mol. The van der Waals surface area contributed by atoms with Gasteiger partial charge in [-0.3, -0.25) is 4.79 Å². The predicted octanol–water partition coefficient (Wildman–Crippen LogP) is 2.66. The molecule has 1 aliphatic rings. The molecule has 0 saturated carbocycles. The average molecular weight is 188 g/mol. The van der Waals surface area contributed by atoms with Crippen LogP contribution in [0.3, 0.4) is 0 Å². The molecule has 2 heteroatoms. The summed E-state index contributed by atoms with van der Waals surface area (Å²) in [4.78, 5) is 10.6. The number of fused-ring (bicyclic) bond motifs is 1. The highest BCUT2D eigenvalue weighted by Gasteiger charge is 2.21. The number of benzene rings is 1. The first-order valence-electron chi connectivity index (χ1n) is 4.69. The third kappa shape index (κ3) is 1.43. The lowest BCUT2D eigenvalue weighted by molar-refractivity contribution is -0.136. The van der Waals surface area contributed by atoms with E-state index in [2.05, 4.69) is 13.0 Å². The molecule has 2 rings (SSSR count). The van der Waals surface area contributed by atoms with Crippen molar-refractivity contribution in [3.8, 4) is 0 Å². The average Bonchev–Trinajstić information content (AvgIpc) is 2.44. The molecule has 1 aromatic rings. The molecule has 0 bridgehead atoms. The van der Waals surface area contributed by atoms with Crippen LogP contribution in [0.15, 0.2) is 29.8 Å². The first kappa shape index (κ1) is 9.00. The van der Waals surface area contributed by atoms with Crippen LogP contribution < -0.4 is 0 Å². The van der Waals surface area contributed by atoms with E-state index in [4.69, 9.17) is 5.11 Å². The fraction of sp³-hybridized carbons (Fsp3) is 0.250. The van der Waals surface area contributed by atoms with Crippen LogP contribution in [0.4, 0.5) is 0 Å². The van der Waals surface area contributed by atoms with Gasteiger partial charge in [0.05, 0.1) is 6.42 Å². The second kappa shape index (κ2) is 3.29. The Hall–Kier alpha value is -1.57. The van der Waals surface area contributed by atoms with Crippen molar-refractivity contribution >= 4 is 12.0 Å². The van der Waals surface area contributed by atoms with Gasteiger partial charge in [-0.15, -0.1) is 0 Å². The first-order chi connectivity index (χ1) is 6.68. The molecule has 0 amide bonds. The van der Waals surface area contributed by atoms with Gasteiger partial charge in [0.25, 0.3) is 0 Å². The number of rotatable bonds is 2. The number of hydrogen-bond donors (Lipinski definition) is 1. The minimum atomic E-state index is -0.754. The summed E-state index contributed by atoms with van der Waals surface area (Å²) in [7, 11) is 0. The standard InChI is InChI=1S/C12H12O2/c1-8-10(7-12(13)14)6-9-4-2-3-5-11(8)9/h2-6,8H,7H2,1H3,(H,13,14). The summed E-state index contributed by atoms with van der Waals surface area (Å²) in [5, 5.41) is 8.73. The number of aliphatic carboxylic acids is 1. The van der Waals surface area contributed by atoms with Gasteiger partial charge in [-0.25, -0.2) is 0 Å². The van der Waals surface area contributed by atoms with Crippen LogP contribution in [0.2, 0.25) is 0 Å². The van der Waals surface area contributed by atoms with Gasteiger partial charge in [0.2, 0.25) is 0 Å². The van der Waals surface area contributed by atoms with Crippen LogP contribution in [-0.4, -0.2) is 11.1 Å². The van der Waals surface area contributed by atoms with Crippen molar-refractivity contribution < 1.29 is 9.90 Å². The van der Waals surface area contributed by atoms with Crippen molar-refractivity contribution in [3.63, 3.8) is 0 Å². The Morgan fingerprint density at radius 3 is 2.79 bits per heavy atom. The molecule has 1 atom stereocenters. The lowest BCUT2D eigenvalue weighted by Gasteiger charge is -2.08. The Morgan fingerprint density at radius 2 is 2.14 bits per heavy atom. The molecule has 1 aromatic carbocycles. The molecule has 0 aromatic heterocycles. The summed E-state index contributed by atoms with van der Waals surface area (Å²) in [6.07, 6.45) is 2.14. The van der Waals surface area contributed by atoms with E-state index in [1.807, 2.05) is 24.3 Å². The number of carboxylic acid groups (broad SMARTS) is 1. The Bertz CT molecular complexity index is 405. The minimum absolute atomic E-state index is 0.149. The molecule has 72 valence electrons. The van der Waals surface area contributed by atoms with E-state index in [0.717, 1.165) is 11.1 Å². The summed E-state index contributed by atoms with van der Waals surface area (Å²) in [5.41, 5.74) is 3.40. The highest BCUT2D eigenvalue weighted by molar-refractivity contribution is 5.76. The van der Waals surface area contributed by atoms with Gasteiger partial charge < -0.3 is 5.11 Å². The normalized spacial score (nSPS) is 18.9. The van der Waals surface area contributed by atoms with Crippen LogP contribution in [0, 0.1) is 0 Å². The minimum Gasteiger partial charge on any atom is -0.481 e. The van der Waals surface area contributed by atoms with Crippen LogP contribution in [0.25, 0.3) is 6.08 Å². The predicted molar refractivity (Wildman–Crippen MR) is 55.1 cm³/mol. The van der Waals surface area contributed by atoms with Gasteiger partial charge in [0.15, 0.2) is 0 Å². The molecule has 2 nitrogen and oxygen atoms in total. The van der Waals surface area contributed by atoms with Crippen LogP contribution >= 0.6 is 0 Å². The Labute approximate surface area is 82.9 Å². The van der Waals surface area contributed by atoms with E-state index < -0.39 is 5.97 Å². The third-order valence-electron chi connectivity index (χ3n) is 2.71. The molecule has 0 spiro atoms. The summed E-state index contributed by atoms with van der Waals surface area (Å²) < 4.78 is 0. The maximum Gasteiger partial charge on any atom is 0.307 e. The Morgan fingerprint density at radius 1 is 1.43 bits per heavy atom. The number of carbonyl (C=O) groups is 1. The highest BCUT2D eigenvalue weighted by Crippen LogP contribution is 2.37. The van der Waals surface area contributed by atoms with Crippen molar-refractivity contribution in [2.24, 2.45) is 0 Å². The topological polar surface area (TPSA) is 37.3 Å². The smallest absolute Gasteiger partial charge is 0.307 e. The second-order valence-corrected chi connectivity index (χ2v) is 3.64. The van der Waals surface area contributed by atoms with Crippen molar-refractivity contribution in [3.05, 3.63) is 41.0 Å². The van der Waals surface area contributed by atoms with Gasteiger partial charge in [0.1, 0.15) is 0 Å². The van der Waals surface area contributed by atoms with E-state index in [1.54, 1.807) is 0 Å². The molecule has 1 N–H and O–H groups in total. The molecule has 0 fully saturated rings. The molecule has 0 heterocycles. The van der Waals surface area contributed by atoms with Crippen molar-refractivity contribution in [1.29, 1.82) is 0 Å². The van der Waals surface area contributed by atoms with Gasteiger partial charge in [0, 0.05) is 5.92 Å². The van der Waals surface area contributed by atoms with Crippen LogP contribution in [-0.2, 0) is 4.79 Å². The number of carboxylic acids is 1. The fourth-order valence-electron chi connectivity index (χ4n) is 1.94. The van der Waals surface area contributed by atoms with E-state index in [1.165, 1.54) is 5.56 Å². The van der Waals surface area contributed by atoms with Gasteiger partial charge in [-0.1, -0.05) is 42.8 Å². The molecular weight excluding hydrogens is 176 g/mol. The zero-order valence-corrected chi connectivity index (χ0v) is 8.03. The largest absolute Gasteiger partial charge is 0.481 e. The quantitative estimate of drug-likeness (QED) is 0.774. The molecule has 1 unspecified atom stereocenters. The van der Waals surface area contributed by atoms with Crippen molar-refractivity contribution in [1.82, 2.24) is 0 Å². The van der Waals surface area contributed by atoms with E-state index in [0.29, 0.717) is 0 Å². The van der Waals surface area contributed by atoms with Crippen molar-refractivity contribution in [2.75, 3.05) is 0 Å². The van der Waals surface area contributed by atoms with E-state index in [9.17, 15) is 4.79 Å². The zero-order valence-electron chi connectivity index (χ0n) is 8.03. The molecule has 1 aliphatic carbocycles. The van der Waals surface area contributed by atoms with Gasteiger partial charge in [-0.05, 0) is 11.1 Å². The van der Waals surface area contributed by atoms with Crippen LogP contribution in [0.1, 0.15) is 30.4 Å². The van der Waals surface area contributed by atoms with Crippen molar-refractivity contribution in [2.45, 2.75) is 19.3 Å². The van der Waals surface area contributed by atoms with E-state index in [-0.39, 0.29) is 12.3 Å². The molecule has 0 radical (unpaired) electrons. The highest BCUT2D eigenvalue weighted by atomic mass is 16.4. The third-order valence-corrected chi connectivity index (χ3v) is 2.71. The summed E-state index contributed by atoms with van der Waals surface area (Å²) in [5.74, 6) is -0.502. The summed E-state index contributed by atoms with van der Waals surface area (Å²) >= 11 is 0. The summed E-state index contributed by atoms with van der Waals surface area (Å²) in [6.45, 7) is 2.06. The summed E-state index contributed by atoms with van der Waals surface area (Å²) in [6, 6.07) is 8.06. The molecular formula is C12H12O2. The molecule has 14 heavy (non-hydrogen) atoms. The second-order valence-electron chi connectivity index (χ2n) is 3.64. The van der Waals surface area contributed by atoms with Gasteiger partial charge in [-0.2, -0.15) is 0 Å². The zero-order chi connectivity index (χ0) is 10.1. The maximum absolute atomic E-state index is 10.6. The Balaban J connectivity index is 2.32. The fourth-order valence-corrected chi connectivity index (χ4v) is 1.94. The van der Waals surface area contributed by atoms with Crippen LogP contribution in [0.5, 0.6) is 0 Å². The Kier molecular flexibility index (Phi) is 2.12. The lowest BCUT2D eigenvalue weighted by atomic mass is 9.96. The lowest BCUT2D eigenvalue weighted by Crippen LogP contribution is -2.00. The SMILES string of the molecule is CC1C(CC(=O)O)=Cc2ccccc21. The van der Waals surface area contributed by atoms with Gasteiger partial charge >= 0.3 is 5.97 Å². The molecule has 0 aliphatic heterocycles.